The van der Waals surface area contributed by atoms with Gasteiger partial charge in [0.15, 0.2) is 0 Å². The van der Waals surface area contributed by atoms with Crippen molar-refractivity contribution >= 4 is 29.1 Å². The largest absolute Gasteiger partial charge is 0.417 e. The molecule has 0 aromatic heterocycles. The molecule has 1 aromatic rings. The zero-order valence-electron chi connectivity index (χ0n) is 12.6. The minimum atomic E-state index is -4.62. The number of nitrogens with one attached hydrogen (secondary N) is 2. The van der Waals surface area contributed by atoms with Crippen molar-refractivity contribution in [1.29, 1.82) is 0 Å². The lowest BCUT2D eigenvalue weighted by Crippen LogP contribution is -2.33. The van der Waals surface area contributed by atoms with Crippen LogP contribution in [0.4, 0.5) is 18.9 Å². The van der Waals surface area contributed by atoms with E-state index in [4.69, 9.17) is 11.6 Å². The monoisotopic (exact) mass is 351 g/mol. The SMILES string of the molecule is CN(C)CCNC(=O)CC(=O)Nc1ccc(Cl)c(C(F)(F)F)c1. The number of halogens is 4. The van der Waals surface area contributed by atoms with E-state index in [-0.39, 0.29) is 5.69 Å². The van der Waals surface area contributed by atoms with Gasteiger partial charge in [-0.2, -0.15) is 13.2 Å². The van der Waals surface area contributed by atoms with Crippen LogP contribution in [0.3, 0.4) is 0 Å². The number of rotatable bonds is 6. The number of hydrogen-bond donors (Lipinski definition) is 2. The van der Waals surface area contributed by atoms with Crippen molar-refractivity contribution in [2.24, 2.45) is 0 Å². The molecule has 0 spiro atoms. The standard InChI is InChI=1S/C14H17ClF3N3O2/c1-21(2)6-5-19-12(22)8-13(23)20-9-3-4-11(15)10(7-9)14(16,17)18/h3-4,7H,5-6,8H2,1-2H3,(H,19,22)(H,20,23). The molecule has 0 radical (unpaired) electrons. The molecular formula is C14H17ClF3N3O2. The fraction of sp³-hybridized carbons (Fsp3) is 0.429. The van der Waals surface area contributed by atoms with E-state index in [2.05, 4.69) is 10.6 Å². The number of nitrogens with zero attached hydrogens (tertiary/aromatic N) is 1. The molecule has 2 N–H and O–H groups in total. The van der Waals surface area contributed by atoms with Gasteiger partial charge in [-0.3, -0.25) is 9.59 Å². The van der Waals surface area contributed by atoms with Gasteiger partial charge in [-0.15, -0.1) is 0 Å². The van der Waals surface area contributed by atoms with Crippen molar-refractivity contribution < 1.29 is 22.8 Å². The number of carbonyl (C=O) groups is 2. The predicted octanol–water partition coefficient (Wildman–Crippen LogP) is 2.37. The minimum absolute atomic E-state index is 0.0761. The lowest BCUT2D eigenvalue weighted by molar-refractivity contribution is -0.137. The molecular weight excluding hydrogens is 335 g/mol. The van der Waals surface area contributed by atoms with Gasteiger partial charge in [-0.05, 0) is 32.3 Å². The van der Waals surface area contributed by atoms with E-state index in [0.29, 0.717) is 13.1 Å². The van der Waals surface area contributed by atoms with Crippen LogP contribution in [0, 0.1) is 0 Å². The summed E-state index contributed by atoms with van der Waals surface area (Å²) in [4.78, 5) is 25.0. The first kappa shape index (κ1) is 19.2. The molecule has 2 amide bonds. The molecule has 1 rings (SSSR count). The number of anilines is 1. The Hall–Kier alpha value is -1.80. The highest BCUT2D eigenvalue weighted by Crippen LogP contribution is 2.36. The Balaban J connectivity index is 2.59. The minimum Gasteiger partial charge on any atom is -0.354 e. The Morgan fingerprint density at radius 1 is 1.22 bits per heavy atom. The molecule has 0 atom stereocenters. The van der Waals surface area contributed by atoms with Gasteiger partial charge in [0, 0.05) is 18.8 Å². The Morgan fingerprint density at radius 2 is 1.87 bits per heavy atom. The summed E-state index contributed by atoms with van der Waals surface area (Å²) >= 11 is 5.48. The summed E-state index contributed by atoms with van der Waals surface area (Å²) in [5, 5.41) is 4.31. The van der Waals surface area contributed by atoms with Crippen LogP contribution in [0.5, 0.6) is 0 Å². The maximum Gasteiger partial charge on any atom is 0.417 e. The Morgan fingerprint density at radius 3 is 2.43 bits per heavy atom. The van der Waals surface area contributed by atoms with Crippen molar-refractivity contribution in [2.75, 3.05) is 32.5 Å². The van der Waals surface area contributed by atoms with Crippen LogP contribution in [-0.2, 0) is 15.8 Å². The molecule has 0 heterocycles. The van der Waals surface area contributed by atoms with Crippen molar-refractivity contribution in [3.63, 3.8) is 0 Å². The molecule has 0 aliphatic carbocycles. The van der Waals surface area contributed by atoms with E-state index in [1.54, 1.807) is 0 Å². The number of benzene rings is 1. The quantitative estimate of drug-likeness (QED) is 0.773. The summed E-state index contributed by atoms with van der Waals surface area (Å²) in [6.45, 7) is 0.984. The van der Waals surface area contributed by atoms with Crippen molar-refractivity contribution in [1.82, 2.24) is 10.2 Å². The Labute approximate surface area is 136 Å². The summed E-state index contributed by atoms with van der Waals surface area (Å²) in [6, 6.07) is 3.00. The van der Waals surface area contributed by atoms with E-state index >= 15 is 0 Å². The molecule has 0 unspecified atom stereocenters. The van der Waals surface area contributed by atoms with Crippen molar-refractivity contribution in [3.05, 3.63) is 28.8 Å². The number of amides is 2. The second kappa shape index (κ2) is 8.16. The van der Waals surface area contributed by atoms with E-state index in [9.17, 15) is 22.8 Å². The van der Waals surface area contributed by atoms with Crippen LogP contribution in [0.1, 0.15) is 12.0 Å². The molecule has 9 heteroatoms. The number of likely N-dealkylation sites (N-methyl/N-ethyl adjacent to an activating group) is 1. The van der Waals surface area contributed by atoms with Crippen LogP contribution in [0.15, 0.2) is 18.2 Å². The first-order chi connectivity index (χ1) is 10.6. The van der Waals surface area contributed by atoms with Gasteiger partial charge in [0.25, 0.3) is 0 Å². The summed E-state index contributed by atoms with van der Waals surface area (Å²) in [5.74, 6) is -1.21. The van der Waals surface area contributed by atoms with Crippen LogP contribution in [-0.4, -0.2) is 43.9 Å². The number of alkyl halides is 3. The molecule has 0 saturated carbocycles. The molecule has 0 bridgehead atoms. The third kappa shape index (κ3) is 6.87. The fourth-order valence-electron chi connectivity index (χ4n) is 1.65. The van der Waals surface area contributed by atoms with Gasteiger partial charge in [0.1, 0.15) is 6.42 Å². The first-order valence-electron chi connectivity index (χ1n) is 6.67. The smallest absolute Gasteiger partial charge is 0.354 e. The maximum atomic E-state index is 12.7. The van der Waals surface area contributed by atoms with Gasteiger partial charge in [0.05, 0.1) is 10.6 Å². The van der Waals surface area contributed by atoms with Crippen LogP contribution in [0.2, 0.25) is 5.02 Å². The molecule has 23 heavy (non-hydrogen) atoms. The van der Waals surface area contributed by atoms with Gasteiger partial charge >= 0.3 is 6.18 Å². The molecule has 0 fully saturated rings. The summed E-state index contributed by atoms with van der Waals surface area (Å²) in [6.07, 6.45) is -5.10. The van der Waals surface area contributed by atoms with Crippen LogP contribution >= 0.6 is 11.6 Å². The summed E-state index contributed by atoms with van der Waals surface area (Å²) in [7, 11) is 3.66. The molecule has 0 aliphatic rings. The lowest BCUT2D eigenvalue weighted by atomic mass is 10.2. The predicted molar refractivity (Wildman–Crippen MR) is 81.3 cm³/mol. The fourth-order valence-corrected chi connectivity index (χ4v) is 1.88. The zero-order valence-corrected chi connectivity index (χ0v) is 13.4. The molecule has 0 saturated heterocycles. The van der Waals surface area contributed by atoms with E-state index < -0.39 is 35.0 Å². The average Bonchev–Trinajstić information content (AvgIpc) is 2.39. The first-order valence-corrected chi connectivity index (χ1v) is 7.05. The number of carbonyl (C=O) groups excluding carboxylic acids is 2. The van der Waals surface area contributed by atoms with Gasteiger partial charge < -0.3 is 15.5 Å². The normalized spacial score (nSPS) is 11.4. The van der Waals surface area contributed by atoms with Crippen molar-refractivity contribution in [3.8, 4) is 0 Å². The van der Waals surface area contributed by atoms with Crippen LogP contribution in [0.25, 0.3) is 0 Å². The highest BCUT2D eigenvalue weighted by molar-refractivity contribution is 6.31. The number of hydrogen-bond acceptors (Lipinski definition) is 3. The van der Waals surface area contributed by atoms with Gasteiger partial charge in [0.2, 0.25) is 11.8 Å². The second-order valence-corrected chi connectivity index (χ2v) is 5.48. The third-order valence-corrected chi connectivity index (χ3v) is 3.09. The van der Waals surface area contributed by atoms with Crippen molar-refractivity contribution in [2.45, 2.75) is 12.6 Å². The lowest BCUT2D eigenvalue weighted by Gasteiger charge is -2.12. The van der Waals surface area contributed by atoms with Crippen LogP contribution < -0.4 is 10.6 Å². The highest BCUT2D eigenvalue weighted by Gasteiger charge is 2.33. The zero-order chi connectivity index (χ0) is 17.6. The molecule has 5 nitrogen and oxygen atoms in total. The highest BCUT2D eigenvalue weighted by atomic mass is 35.5. The Bertz CT molecular complexity index is 577. The molecule has 0 aliphatic heterocycles. The maximum absolute atomic E-state index is 12.7. The van der Waals surface area contributed by atoms with E-state index in [1.165, 1.54) is 6.07 Å². The topological polar surface area (TPSA) is 61.4 Å². The van der Waals surface area contributed by atoms with Gasteiger partial charge in [-0.1, -0.05) is 11.6 Å². The van der Waals surface area contributed by atoms with E-state index in [1.807, 2.05) is 19.0 Å². The summed E-state index contributed by atoms with van der Waals surface area (Å²) in [5.41, 5.74) is -1.12. The van der Waals surface area contributed by atoms with Gasteiger partial charge in [-0.25, -0.2) is 0 Å². The molecule has 1 aromatic carbocycles. The second-order valence-electron chi connectivity index (χ2n) is 5.07. The third-order valence-electron chi connectivity index (χ3n) is 2.76. The van der Waals surface area contributed by atoms with E-state index in [0.717, 1.165) is 12.1 Å². The Kier molecular flexibility index (Phi) is 6.83. The molecule has 128 valence electrons. The average molecular weight is 352 g/mol. The summed E-state index contributed by atoms with van der Waals surface area (Å²) < 4.78 is 38.1.